The number of anilines is 1. The minimum Gasteiger partial charge on any atom is -0.369 e. The lowest BCUT2D eigenvalue weighted by Crippen LogP contribution is -2.10. The zero-order valence-corrected chi connectivity index (χ0v) is 15.1. The quantitative estimate of drug-likeness (QED) is 0.769. The molecule has 0 bridgehead atoms. The van der Waals surface area contributed by atoms with Crippen LogP contribution in [-0.2, 0) is 19.3 Å². The van der Waals surface area contributed by atoms with Gasteiger partial charge in [-0.3, -0.25) is 0 Å². The topological polar surface area (TPSA) is 50.7 Å². The molecule has 4 rings (SSSR count). The molecular formula is C17H20N4S2. The average Bonchev–Trinajstić information content (AvgIpc) is 3.10. The molecule has 3 aromatic rings. The third-order valence-corrected chi connectivity index (χ3v) is 6.58. The fourth-order valence-corrected chi connectivity index (χ4v) is 5.34. The minimum absolute atomic E-state index is 0.785. The Hall–Kier alpha value is -1.53. The first-order chi connectivity index (χ1) is 11.2. The number of hydrogen-bond donors (Lipinski definition) is 1. The lowest BCUT2D eigenvalue weighted by atomic mass is 9.89. The van der Waals surface area contributed by atoms with E-state index in [0.29, 0.717) is 0 Å². The van der Waals surface area contributed by atoms with Crippen LogP contribution >= 0.6 is 22.7 Å². The van der Waals surface area contributed by atoms with Gasteiger partial charge < -0.3 is 5.32 Å². The van der Waals surface area contributed by atoms with E-state index in [0.717, 1.165) is 41.6 Å². The Kier molecular flexibility index (Phi) is 4.03. The zero-order valence-electron chi connectivity index (χ0n) is 13.4. The standard InChI is InChI=1S/C17H20N4S2/c1-10-3-4-12-13(7-10)23-17-15(12)16(19-9-20-17)18-6-5-14-21-11(2)8-22-14/h8-10H,3-7H2,1-2H3,(H,18,19,20)/t10-/m1/s1. The summed E-state index contributed by atoms with van der Waals surface area (Å²) >= 11 is 3.58. The highest BCUT2D eigenvalue weighted by Gasteiger charge is 2.22. The Balaban J connectivity index is 1.57. The van der Waals surface area contributed by atoms with Gasteiger partial charge in [0.2, 0.25) is 0 Å². The molecule has 0 aromatic carbocycles. The second-order valence-electron chi connectivity index (χ2n) is 6.31. The van der Waals surface area contributed by atoms with Crippen LogP contribution in [0.2, 0.25) is 0 Å². The Morgan fingerprint density at radius 3 is 3.09 bits per heavy atom. The van der Waals surface area contributed by atoms with Crippen molar-refractivity contribution in [3.8, 4) is 0 Å². The number of aromatic nitrogens is 3. The molecule has 3 heterocycles. The molecule has 0 fully saturated rings. The zero-order chi connectivity index (χ0) is 15.8. The number of thiazole rings is 1. The van der Waals surface area contributed by atoms with Gasteiger partial charge in [0, 0.05) is 28.9 Å². The first-order valence-electron chi connectivity index (χ1n) is 8.11. The van der Waals surface area contributed by atoms with Crippen molar-refractivity contribution in [2.75, 3.05) is 11.9 Å². The molecule has 6 heteroatoms. The Bertz CT molecular complexity index is 836. The normalized spacial score (nSPS) is 17.4. The Morgan fingerprint density at radius 1 is 1.35 bits per heavy atom. The smallest absolute Gasteiger partial charge is 0.138 e. The van der Waals surface area contributed by atoms with Crippen molar-refractivity contribution in [1.82, 2.24) is 15.0 Å². The van der Waals surface area contributed by atoms with Gasteiger partial charge in [-0.1, -0.05) is 6.92 Å². The summed E-state index contributed by atoms with van der Waals surface area (Å²) < 4.78 is 0. The molecular weight excluding hydrogens is 324 g/mol. The van der Waals surface area contributed by atoms with E-state index in [2.05, 4.69) is 32.6 Å². The van der Waals surface area contributed by atoms with Crippen molar-refractivity contribution in [3.63, 3.8) is 0 Å². The van der Waals surface area contributed by atoms with Gasteiger partial charge in [-0.05, 0) is 37.7 Å². The number of hydrogen-bond acceptors (Lipinski definition) is 6. The van der Waals surface area contributed by atoms with E-state index in [4.69, 9.17) is 0 Å². The number of thiophene rings is 1. The maximum absolute atomic E-state index is 4.52. The van der Waals surface area contributed by atoms with Gasteiger partial charge in [-0.25, -0.2) is 15.0 Å². The molecule has 0 amide bonds. The summed E-state index contributed by atoms with van der Waals surface area (Å²) in [4.78, 5) is 16.2. The number of nitrogens with one attached hydrogen (secondary N) is 1. The van der Waals surface area contributed by atoms with Crippen LogP contribution < -0.4 is 5.32 Å². The van der Waals surface area contributed by atoms with Crippen molar-refractivity contribution >= 4 is 38.7 Å². The SMILES string of the molecule is Cc1csc(CCNc2ncnc3sc4c(c23)CC[C@@H](C)C4)n1. The highest BCUT2D eigenvalue weighted by molar-refractivity contribution is 7.19. The Morgan fingerprint density at radius 2 is 2.26 bits per heavy atom. The molecule has 0 aliphatic heterocycles. The number of rotatable bonds is 4. The summed E-state index contributed by atoms with van der Waals surface area (Å²) in [6, 6.07) is 0. The van der Waals surface area contributed by atoms with Crippen molar-refractivity contribution in [2.45, 2.75) is 39.5 Å². The van der Waals surface area contributed by atoms with E-state index >= 15 is 0 Å². The van der Waals surface area contributed by atoms with E-state index < -0.39 is 0 Å². The summed E-state index contributed by atoms with van der Waals surface area (Å²) in [6.45, 7) is 5.24. The fraction of sp³-hybridized carbons (Fsp3) is 0.471. The van der Waals surface area contributed by atoms with Crippen LogP contribution in [-0.4, -0.2) is 21.5 Å². The van der Waals surface area contributed by atoms with E-state index in [9.17, 15) is 0 Å². The number of nitrogens with zero attached hydrogens (tertiary/aromatic N) is 3. The molecule has 1 aliphatic carbocycles. The maximum atomic E-state index is 4.52. The maximum Gasteiger partial charge on any atom is 0.138 e. The van der Waals surface area contributed by atoms with Crippen LogP contribution in [0, 0.1) is 12.8 Å². The highest BCUT2D eigenvalue weighted by atomic mass is 32.1. The lowest BCUT2D eigenvalue weighted by molar-refractivity contribution is 0.509. The summed E-state index contributed by atoms with van der Waals surface area (Å²) in [5.41, 5.74) is 2.59. The van der Waals surface area contributed by atoms with E-state index in [-0.39, 0.29) is 0 Å². The van der Waals surface area contributed by atoms with Crippen molar-refractivity contribution in [3.05, 3.63) is 32.8 Å². The highest BCUT2D eigenvalue weighted by Crippen LogP contribution is 2.39. The average molecular weight is 345 g/mol. The van der Waals surface area contributed by atoms with Gasteiger partial charge in [-0.15, -0.1) is 22.7 Å². The number of aryl methyl sites for hydroxylation is 2. The molecule has 23 heavy (non-hydrogen) atoms. The molecule has 0 spiro atoms. The summed E-state index contributed by atoms with van der Waals surface area (Å²) in [5.74, 6) is 1.78. The van der Waals surface area contributed by atoms with Crippen LogP contribution in [0.5, 0.6) is 0 Å². The van der Waals surface area contributed by atoms with Crippen LogP contribution in [0.1, 0.15) is 34.5 Å². The first-order valence-corrected chi connectivity index (χ1v) is 9.80. The predicted octanol–water partition coefficient (Wildman–Crippen LogP) is 4.24. The Labute approximate surface area is 144 Å². The van der Waals surface area contributed by atoms with E-state index in [1.54, 1.807) is 17.7 Å². The predicted molar refractivity (Wildman–Crippen MR) is 97.6 cm³/mol. The second kappa shape index (κ2) is 6.17. The first kappa shape index (κ1) is 15.0. The molecule has 0 saturated carbocycles. The molecule has 1 aliphatic rings. The third-order valence-electron chi connectivity index (χ3n) is 4.39. The summed E-state index contributed by atoms with van der Waals surface area (Å²) in [6.07, 6.45) is 6.24. The number of fused-ring (bicyclic) bond motifs is 3. The van der Waals surface area contributed by atoms with Crippen molar-refractivity contribution in [1.29, 1.82) is 0 Å². The van der Waals surface area contributed by atoms with E-state index in [1.165, 1.54) is 33.7 Å². The van der Waals surface area contributed by atoms with Crippen molar-refractivity contribution < 1.29 is 0 Å². The lowest BCUT2D eigenvalue weighted by Gasteiger charge is -2.18. The minimum atomic E-state index is 0.785. The molecule has 1 N–H and O–H groups in total. The molecule has 120 valence electrons. The molecule has 0 radical (unpaired) electrons. The van der Waals surface area contributed by atoms with Crippen LogP contribution in [0.3, 0.4) is 0 Å². The van der Waals surface area contributed by atoms with E-state index in [1.807, 2.05) is 18.3 Å². The van der Waals surface area contributed by atoms with Crippen LogP contribution in [0.15, 0.2) is 11.7 Å². The van der Waals surface area contributed by atoms with Gasteiger partial charge >= 0.3 is 0 Å². The third kappa shape index (κ3) is 2.97. The monoisotopic (exact) mass is 344 g/mol. The largest absolute Gasteiger partial charge is 0.369 e. The van der Waals surface area contributed by atoms with Crippen LogP contribution in [0.4, 0.5) is 5.82 Å². The van der Waals surface area contributed by atoms with Crippen LogP contribution in [0.25, 0.3) is 10.2 Å². The van der Waals surface area contributed by atoms with Gasteiger partial charge in [-0.2, -0.15) is 0 Å². The van der Waals surface area contributed by atoms with Gasteiger partial charge in [0.1, 0.15) is 17.0 Å². The molecule has 0 unspecified atom stereocenters. The van der Waals surface area contributed by atoms with Crippen molar-refractivity contribution in [2.24, 2.45) is 5.92 Å². The summed E-state index contributed by atoms with van der Waals surface area (Å²) in [5, 5.41) is 8.06. The second-order valence-corrected chi connectivity index (χ2v) is 8.34. The molecule has 3 aromatic heterocycles. The fourth-order valence-electron chi connectivity index (χ4n) is 3.21. The van der Waals surface area contributed by atoms with Gasteiger partial charge in [0.15, 0.2) is 0 Å². The molecule has 1 atom stereocenters. The van der Waals surface area contributed by atoms with Gasteiger partial charge in [0.05, 0.1) is 10.4 Å². The van der Waals surface area contributed by atoms with Gasteiger partial charge in [0.25, 0.3) is 0 Å². The molecule has 0 saturated heterocycles. The summed E-state index contributed by atoms with van der Waals surface area (Å²) in [7, 11) is 0. The molecule has 4 nitrogen and oxygen atoms in total.